The van der Waals surface area contributed by atoms with Crippen LogP contribution in [0.1, 0.15) is 10.5 Å². The van der Waals surface area contributed by atoms with E-state index < -0.39 is 0 Å². The van der Waals surface area contributed by atoms with Crippen molar-refractivity contribution in [3.05, 3.63) is 71.6 Å². The summed E-state index contributed by atoms with van der Waals surface area (Å²) in [6, 6.07) is 14.7. The number of nitrogens with zero attached hydrogens (tertiary/aromatic N) is 3. The van der Waals surface area contributed by atoms with E-state index in [1.54, 1.807) is 29.7 Å². The normalized spacial score (nSPS) is 10.8. The molecule has 5 nitrogen and oxygen atoms in total. The maximum atomic E-state index is 12.2. The van der Waals surface area contributed by atoms with Crippen molar-refractivity contribution in [1.82, 2.24) is 15.0 Å². The van der Waals surface area contributed by atoms with Crippen LogP contribution in [0.3, 0.4) is 0 Å². The Bertz CT molecular complexity index is 1030. The fraction of sp³-hybridized carbons (Fsp3) is 0. The lowest BCUT2D eigenvalue weighted by Crippen LogP contribution is -2.14. The van der Waals surface area contributed by atoms with E-state index in [4.69, 9.17) is 11.6 Å². The molecule has 1 N–H and O–H groups in total. The van der Waals surface area contributed by atoms with Crippen LogP contribution < -0.4 is 5.32 Å². The van der Waals surface area contributed by atoms with Gasteiger partial charge in [0.05, 0.1) is 10.2 Å². The summed E-state index contributed by atoms with van der Waals surface area (Å²) >= 11 is 7.48. The summed E-state index contributed by atoms with van der Waals surface area (Å²) in [6.07, 6.45) is 3.18. The van der Waals surface area contributed by atoms with E-state index in [2.05, 4.69) is 20.3 Å². The zero-order valence-corrected chi connectivity index (χ0v) is 14.4. The van der Waals surface area contributed by atoms with E-state index in [9.17, 15) is 4.79 Å². The van der Waals surface area contributed by atoms with Crippen molar-refractivity contribution in [3.63, 3.8) is 0 Å². The van der Waals surface area contributed by atoms with Crippen LogP contribution in [-0.4, -0.2) is 20.9 Å². The summed E-state index contributed by atoms with van der Waals surface area (Å²) in [5.74, 6) is 0.0828. The number of benzene rings is 1. The lowest BCUT2D eigenvalue weighted by molar-refractivity contribution is 0.102. The highest BCUT2D eigenvalue weighted by Crippen LogP contribution is 2.29. The molecule has 122 valence electrons. The first-order valence-electron chi connectivity index (χ1n) is 7.44. The van der Waals surface area contributed by atoms with Gasteiger partial charge in [0.25, 0.3) is 5.91 Å². The SMILES string of the molecule is O=C(Nc1ccc(-c2nc3ccccc3s2)cn1)c1cc(Cl)ccn1. The van der Waals surface area contributed by atoms with Gasteiger partial charge < -0.3 is 5.32 Å². The fourth-order valence-corrected chi connectivity index (χ4v) is 3.41. The molecule has 0 bridgehead atoms. The highest BCUT2D eigenvalue weighted by Gasteiger charge is 2.10. The molecule has 0 unspecified atom stereocenters. The van der Waals surface area contributed by atoms with Crippen molar-refractivity contribution in [2.24, 2.45) is 0 Å². The van der Waals surface area contributed by atoms with E-state index >= 15 is 0 Å². The number of hydrogen-bond donors (Lipinski definition) is 1. The minimum Gasteiger partial charge on any atom is -0.305 e. The number of nitrogens with one attached hydrogen (secondary N) is 1. The van der Waals surface area contributed by atoms with Gasteiger partial charge in [-0.1, -0.05) is 23.7 Å². The predicted molar refractivity (Wildman–Crippen MR) is 100 cm³/mol. The van der Waals surface area contributed by atoms with Crippen LogP contribution in [0.25, 0.3) is 20.8 Å². The van der Waals surface area contributed by atoms with Crippen molar-refractivity contribution < 1.29 is 4.79 Å². The van der Waals surface area contributed by atoms with Gasteiger partial charge in [-0.05, 0) is 36.4 Å². The first kappa shape index (κ1) is 15.7. The van der Waals surface area contributed by atoms with E-state index in [1.807, 2.05) is 30.3 Å². The number of para-hydroxylation sites is 1. The number of amides is 1. The van der Waals surface area contributed by atoms with Crippen molar-refractivity contribution >= 4 is 44.9 Å². The second-order valence-corrected chi connectivity index (χ2v) is 6.70. The Hall–Kier alpha value is -2.83. The summed E-state index contributed by atoms with van der Waals surface area (Å²) in [7, 11) is 0. The van der Waals surface area contributed by atoms with Gasteiger partial charge >= 0.3 is 0 Å². The van der Waals surface area contributed by atoms with Crippen molar-refractivity contribution in [2.75, 3.05) is 5.32 Å². The third kappa shape index (κ3) is 3.35. The van der Waals surface area contributed by atoms with Gasteiger partial charge in [0.2, 0.25) is 0 Å². The Balaban J connectivity index is 1.54. The topological polar surface area (TPSA) is 67.8 Å². The highest BCUT2D eigenvalue weighted by atomic mass is 35.5. The molecule has 4 rings (SSSR count). The van der Waals surface area contributed by atoms with E-state index in [0.717, 1.165) is 20.8 Å². The summed E-state index contributed by atoms with van der Waals surface area (Å²) in [5.41, 5.74) is 2.11. The number of pyridine rings is 2. The van der Waals surface area contributed by atoms with Gasteiger partial charge in [0, 0.05) is 23.0 Å². The molecule has 3 aromatic heterocycles. The molecular formula is C18H11ClN4OS. The molecule has 4 aromatic rings. The van der Waals surface area contributed by atoms with Crippen LogP contribution in [0.15, 0.2) is 60.9 Å². The number of halogens is 1. The van der Waals surface area contributed by atoms with E-state index in [0.29, 0.717) is 10.8 Å². The largest absolute Gasteiger partial charge is 0.305 e. The Morgan fingerprint density at radius 2 is 1.96 bits per heavy atom. The number of rotatable bonds is 3. The van der Waals surface area contributed by atoms with Gasteiger partial charge in [-0.2, -0.15) is 0 Å². The van der Waals surface area contributed by atoms with Crippen LogP contribution in [-0.2, 0) is 0 Å². The number of carbonyl (C=O) groups is 1. The Kier molecular flexibility index (Phi) is 4.13. The molecule has 7 heteroatoms. The number of anilines is 1. The second kappa shape index (κ2) is 6.58. The van der Waals surface area contributed by atoms with Gasteiger partial charge in [-0.3, -0.25) is 9.78 Å². The molecule has 0 radical (unpaired) electrons. The molecule has 1 amide bonds. The summed E-state index contributed by atoms with van der Waals surface area (Å²) in [4.78, 5) is 25.0. The van der Waals surface area contributed by atoms with Crippen LogP contribution >= 0.6 is 22.9 Å². The molecule has 0 aliphatic rings. The van der Waals surface area contributed by atoms with Crippen molar-refractivity contribution in [1.29, 1.82) is 0 Å². The smallest absolute Gasteiger partial charge is 0.275 e. The van der Waals surface area contributed by atoms with E-state index in [-0.39, 0.29) is 11.6 Å². The summed E-state index contributed by atoms with van der Waals surface area (Å²) in [6.45, 7) is 0. The average molecular weight is 367 g/mol. The first-order chi connectivity index (χ1) is 12.2. The van der Waals surface area contributed by atoms with E-state index in [1.165, 1.54) is 12.3 Å². The fourth-order valence-electron chi connectivity index (χ4n) is 2.30. The number of fused-ring (bicyclic) bond motifs is 1. The standard InChI is InChI=1S/C18H11ClN4OS/c19-12-7-8-20-14(9-12)17(24)23-16-6-5-11(10-21-16)18-22-13-3-1-2-4-15(13)25-18/h1-10H,(H,21,23,24). The monoisotopic (exact) mass is 366 g/mol. The number of carbonyl (C=O) groups excluding carboxylic acids is 1. The number of aromatic nitrogens is 3. The molecule has 0 spiro atoms. The van der Waals surface area contributed by atoms with Gasteiger partial charge in [0.1, 0.15) is 16.5 Å². The molecule has 0 atom stereocenters. The van der Waals surface area contributed by atoms with Crippen molar-refractivity contribution in [2.45, 2.75) is 0 Å². The molecule has 1 aromatic carbocycles. The minimum absolute atomic E-state index is 0.240. The van der Waals surface area contributed by atoms with Crippen LogP contribution in [0.4, 0.5) is 5.82 Å². The maximum Gasteiger partial charge on any atom is 0.275 e. The van der Waals surface area contributed by atoms with Crippen LogP contribution in [0.5, 0.6) is 0 Å². The lowest BCUT2D eigenvalue weighted by Gasteiger charge is -2.04. The third-order valence-electron chi connectivity index (χ3n) is 3.50. The predicted octanol–water partition coefficient (Wildman–Crippen LogP) is 4.66. The second-order valence-electron chi connectivity index (χ2n) is 5.23. The molecule has 0 aliphatic heterocycles. The summed E-state index contributed by atoms with van der Waals surface area (Å²) in [5, 5.41) is 4.05. The summed E-state index contributed by atoms with van der Waals surface area (Å²) < 4.78 is 1.13. The lowest BCUT2D eigenvalue weighted by atomic mass is 10.3. The average Bonchev–Trinajstić information content (AvgIpc) is 3.06. The number of thiazole rings is 1. The van der Waals surface area contributed by atoms with Gasteiger partial charge in [-0.15, -0.1) is 11.3 Å². The first-order valence-corrected chi connectivity index (χ1v) is 8.63. The van der Waals surface area contributed by atoms with Gasteiger partial charge in [-0.25, -0.2) is 9.97 Å². The number of hydrogen-bond acceptors (Lipinski definition) is 5. The highest BCUT2D eigenvalue weighted by molar-refractivity contribution is 7.21. The Labute approximate surface area is 152 Å². The van der Waals surface area contributed by atoms with Crippen LogP contribution in [0, 0.1) is 0 Å². The molecule has 3 heterocycles. The third-order valence-corrected chi connectivity index (χ3v) is 4.82. The Morgan fingerprint density at radius 3 is 2.72 bits per heavy atom. The van der Waals surface area contributed by atoms with Gasteiger partial charge in [0.15, 0.2) is 0 Å². The molecule has 0 saturated carbocycles. The molecular weight excluding hydrogens is 356 g/mol. The van der Waals surface area contributed by atoms with Crippen LogP contribution in [0.2, 0.25) is 5.02 Å². The molecule has 0 aliphatic carbocycles. The molecule has 0 saturated heterocycles. The molecule has 0 fully saturated rings. The zero-order valence-electron chi connectivity index (χ0n) is 12.8. The van der Waals surface area contributed by atoms with Crippen molar-refractivity contribution in [3.8, 4) is 10.6 Å². The zero-order chi connectivity index (χ0) is 17.2. The maximum absolute atomic E-state index is 12.2. The quantitative estimate of drug-likeness (QED) is 0.572. The minimum atomic E-state index is -0.359. The molecule has 25 heavy (non-hydrogen) atoms. The Morgan fingerprint density at radius 1 is 1.08 bits per heavy atom.